The Bertz CT molecular complexity index is 1240. The number of anilines is 4. The quantitative estimate of drug-likeness (QED) is 0.416. The molecule has 6 rings (SSSR count). The van der Waals surface area contributed by atoms with Crippen LogP contribution >= 0.6 is 0 Å². The summed E-state index contributed by atoms with van der Waals surface area (Å²) in [5.74, 6) is 2.60. The SMILES string of the molecule is c1nc(N2CCOCC2)c2cc(-c3ccc(Nc4ccc(N5CCNCC5)nn4)cc3)[nH]c2n1. The Kier molecular flexibility index (Phi) is 5.66. The molecule has 3 aromatic heterocycles. The van der Waals surface area contributed by atoms with Crippen LogP contribution in [-0.4, -0.2) is 77.6 Å². The van der Waals surface area contributed by atoms with E-state index in [0.717, 1.165) is 97.9 Å². The molecule has 10 heteroatoms. The molecule has 0 bridgehead atoms. The lowest BCUT2D eigenvalue weighted by molar-refractivity contribution is 0.122. The zero-order valence-corrected chi connectivity index (χ0v) is 18.9. The third-order valence-electron chi connectivity index (χ3n) is 6.28. The van der Waals surface area contributed by atoms with Gasteiger partial charge in [0.1, 0.15) is 17.8 Å². The fourth-order valence-corrected chi connectivity index (χ4v) is 4.44. The molecule has 10 nitrogen and oxygen atoms in total. The number of hydrogen-bond donors (Lipinski definition) is 3. The molecule has 0 unspecified atom stereocenters. The molecule has 4 aromatic rings. The van der Waals surface area contributed by atoms with Gasteiger partial charge in [-0.25, -0.2) is 9.97 Å². The van der Waals surface area contributed by atoms with Crippen molar-refractivity contribution in [3.63, 3.8) is 0 Å². The average molecular weight is 458 g/mol. The number of ether oxygens (including phenoxy) is 1. The molecule has 2 aliphatic heterocycles. The predicted octanol–water partition coefficient (Wildman–Crippen LogP) is 2.40. The number of morpholine rings is 1. The molecule has 0 spiro atoms. The first-order chi connectivity index (χ1) is 16.8. The van der Waals surface area contributed by atoms with Crippen LogP contribution in [-0.2, 0) is 4.74 Å². The highest BCUT2D eigenvalue weighted by Crippen LogP contribution is 2.30. The smallest absolute Gasteiger partial charge is 0.153 e. The number of aromatic nitrogens is 5. The third kappa shape index (κ3) is 4.25. The van der Waals surface area contributed by atoms with E-state index in [1.807, 2.05) is 24.3 Å². The first-order valence-electron chi connectivity index (χ1n) is 11.7. The van der Waals surface area contributed by atoms with Crippen molar-refractivity contribution in [1.82, 2.24) is 30.5 Å². The number of aromatic amines is 1. The summed E-state index contributed by atoms with van der Waals surface area (Å²) in [5.41, 5.74) is 3.89. The van der Waals surface area contributed by atoms with Crippen LogP contribution in [0.1, 0.15) is 0 Å². The lowest BCUT2D eigenvalue weighted by Crippen LogP contribution is -2.43. The molecule has 3 N–H and O–H groups in total. The van der Waals surface area contributed by atoms with Crippen molar-refractivity contribution in [3.05, 3.63) is 48.8 Å². The lowest BCUT2D eigenvalue weighted by Gasteiger charge is -2.27. The predicted molar refractivity (Wildman–Crippen MR) is 133 cm³/mol. The number of nitrogens with zero attached hydrogens (tertiary/aromatic N) is 6. The van der Waals surface area contributed by atoms with Gasteiger partial charge in [0.2, 0.25) is 0 Å². The summed E-state index contributed by atoms with van der Waals surface area (Å²) in [6, 6.07) is 14.4. The van der Waals surface area contributed by atoms with Crippen LogP contribution in [0.3, 0.4) is 0 Å². The van der Waals surface area contributed by atoms with Crippen molar-refractivity contribution < 1.29 is 4.74 Å². The molecule has 174 valence electrons. The van der Waals surface area contributed by atoms with Crippen molar-refractivity contribution in [3.8, 4) is 11.3 Å². The van der Waals surface area contributed by atoms with Gasteiger partial charge in [-0.05, 0) is 35.9 Å². The van der Waals surface area contributed by atoms with Gasteiger partial charge < -0.3 is 30.2 Å². The second kappa shape index (κ2) is 9.24. The van der Waals surface area contributed by atoms with E-state index in [-0.39, 0.29) is 0 Å². The molecule has 0 atom stereocenters. The van der Waals surface area contributed by atoms with E-state index in [1.54, 1.807) is 6.33 Å². The molecule has 0 amide bonds. The standard InChI is InChI=1S/C24H27N9O/c1-3-18(28-21-5-6-22(31-30-21)32-9-7-25-8-10-32)4-2-17(1)20-15-19-23(29-20)26-16-27-24(19)33-11-13-34-14-12-33/h1-6,15-16,25H,7-14H2,(H,28,30)(H,26,27,29). The minimum atomic E-state index is 0.722. The number of nitrogens with one attached hydrogen (secondary N) is 3. The summed E-state index contributed by atoms with van der Waals surface area (Å²) in [6.45, 7) is 6.99. The van der Waals surface area contributed by atoms with Crippen molar-refractivity contribution in [1.29, 1.82) is 0 Å². The van der Waals surface area contributed by atoms with Crippen LogP contribution in [0, 0.1) is 0 Å². The summed E-state index contributed by atoms with van der Waals surface area (Å²) < 4.78 is 5.48. The Balaban J connectivity index is 1.17. The minimum absolute atomic E-state index is 0.722. The lowest BCUT2D eigenvalue weighted by atomic mass is 10.1. The zero-order valence-electron chi connectivity index (χ0n) is 18.9. The van der Waals surface area contributed by atoms with Crippen LogP contribution in [0.5, 0.6) is 0 Å². The Labute approximate surface area is 197 Å². The molecule has 5 heterocycles. The van der Waals surface area contributed by atoms with Gasteiger partial charge in [-0.3, -0.25) is 0 Å². The van der Waals surface area contributed by atoms with Crippen LogP contribution in [0.15, 0.2) is 48.8 Å². The monoisotopic (exact) mass is 457 g/mol. The van der Waals surface area contributed by atoms with E-state index in [4.69, 9.17) is 4.74 Å². The first-order valence-corrected chi connectivity index (χ1v) is 11.7. The van der Waals surface area contributed by atoms with Gasteiger partial charge in [-0.1, -0.05) is 12.1 Å². The molecule has 0 aliphatic carbocycles. The van der Waals surface area contributed by atoms with Crippen molar-refractivity contribution in [2.45, 2.75) is 0 Å². The number of H-pyrrole nitrogens is 1. The molecule has 2 aliphatic rings. The maximum absolute atomic E-state index is 5.48. The summed E-state index contributed by atoms with van der Waals surface area (Å²) in [4.78, 5) is 16.9. The molecule has 0 saturated carbocycles. The Morgan fingerprint density at radius 2 is 1.68 bits per heavy atom. The largest absolute Gasteiger partial charge is 0.378 e. The van der Waals surface area contributed by atoms with Crippen molar-refractivity contribution in [2.24, 2.45) is 0 Å². The highest BCUT2D eigenvalue weighted by Gasteiger charge is 2.17. The van der Waals surface area contributed by atoms with E-state index >= 15 is 0 Å². The van der Waals surface area contributed by atoms with Gasteiger partial charge in [-0.15, -0.1) is 10.2 Å². The van der Waals surface area contributed by atoms with E-state index in [1.165, 1.54) is 0 Å². The topological polar surface area (TPSA) is 107 Å². The second-order valence-electron chi connectivity index (χ2n) is 8.46. The normalized spacial score (nSPS) is 16.7. The van der Waals surface area contributed by atoms with Crippen LogP contribution in [0.4, 0.5) is 23.1 Å². The number of fused-ring (bicyclic) bond motifs is 1. The highest BCUT2D eigenvalue weighted by molar-refractivity contribution is 5.92. The summed E-state index contributed by atoms with van der Waals surface area (Å²) in [7, 11) is 0. The van der Waals surface area contributed by atoms with Gasteiger partial charge in [-0.2, -0.15) is 0 Å². The molecule has 34 heavy (non-hydrogen) atoms. The maximum atomic E-state index is 5.48. The van der Waals surface area contributed by atoms with Crippen molar-refractivity contribution >= 4 is 34.2 Å². The van der Waals surface area contributed by atoms with Gasteiger partial charge in [0, 0.05) is 50.6 Å². The number of piperazine rings is 1. The minimum Gasteiger partial charge on any atom is -0.378 e. The van der Waals surface area contributed by atoms with Gasteiger partial charge in [0.25, 0.3) is 0 Å². The number of rotatable bonds is 5. The zero-order chi connectivity index (χ0) is 22.7. The summed E-state index contributed by atoms with van der Waals surface area (Å²) in [5, 5.41) is 16.5. The van der Waals surface area contributed by atoms with Crippen LogP contribution in [0.2, 0.25) is 0 Å². The number of benzene rings is 1. The average Bonchev–Trinajstić information content (AvgIpc) is 3.35. The Morgan fingerprint density at radius 1 is 0.853 bits per heavy atom. The van der Waals surface area contributed by atoms with E-state index in [9.17, 15) is 0 Å². The summed E-state index contributed by atoms with van der Waals surface area (Å²) >= 11 is 0. The van der Waals surface area contributed by atoms with E-state index < -0.39 is 0 Å². The Hall–Kier alpha value is -3.76. The molecule has 1 aromatic carbocycles. The molecule has 2 saturated heterocycles. The summed E-state index contributed by atoms with van der Waals surface area (Å²) in [6.07, 6.45) is 1.62. The van der Waals surface area contributed by atoms with Crippen LogP contribution < -0.4 is 20.4 Å². The number of hydrogen-bond acceptors (Lipinski definition) is 9. The molecular formula is C24H27N9O. The second-order valence-corrected chi connectivity index (χ2v) is 8.46. The maximum Gasteiger partial charge on any atom is 0.153 e. The molecule has 0 radical (unpaired) electrons. The fourth-order valence-electron chi connectivity index (χ4n) is 4.44. The van der Waals surface area contributed by atoms with Gasteiger partial charge in [0.15, 0.2) is 11.6 Å². The van der Waals surface area contributed by atoms with E-state index in [0.29, 0.717) is 0 Å². The first kappa shape index (κ1) is 20.8. The van der Waals surface area contributed by atoms with E-state index in [2.05, 4.69) is 63.8 Å². The van der Waals surface area contributed by atoms with Gasteiger partial charge >= 0.3 is 0 Å². The molecule has 2 fully saturated rings. The Morgan fingerprint density at radius 3 is 2.44 bits per heavy atom. The fraction of sp³-hybridized carbons (Fsp3) is 0.333. The van der Waals surface area contributed by atoms with Crippen molar-refractivity contribution in [2.75, 3.05) is 67.6 Å². The van der Waals surface area contributed by atoms with Crippen LogP contribution in [0.25, 0.3) is 22.3 Å². The highest BCUT2D eigenvalue weighted by atomic mass is 16.5. The van der Waals surface area contributed by atoms with Gasteiger partial charge in [0.05, 0.1) is 18.6 Å². The molecular weight excluding hydrogens is 430 g/mol. The third-order valence-corrected chi connectivity index (χ3v) is 6.28.